The molecule has 2 heterocycles. The second kappa shape index (κ2) is 12.0. The van der Waals surface area contributed by atoms with Gasteiger partial charge in [0.25, 0.3) is 0 Å². The summed E-state index contributed by atoms with van der Waals surface area (Å²) in [4.78, 5) is 17.6. The van der Waals surface area contributed by atoms with Crippen LogP contribution < -0.4 is 10.2 Å². The summed E-state index contributed by atoms with van der Waals surface area (Å²) in [5.74, 6) is -0.0207. The molecule has 1 unspecified atom stereocenters. The number of hydrogen-bond donors (Lipinski definition) is 1. The average Bonchev–Trinajstić information content (AvgIpc) is 3.52. The standard InChI is InChI=1S/C27H34ClN5OS/c1-4-32(19(2)3)17-21-7-12-24(13-8-21)33-16-15-22(18-33)26(34)29-27-31-30-25(35-27)14-9-20-5-10-23(28)11-6-20/h5-8,10-13,19,22H,4,9,14-18H2,1-3H3,(H,29,31,34). The van der Waals surface area contributed by atoms with Crippen molar-refractivity contribution in [1.29, 1.82) is 0 Å². The van der Waals surface area contributed by atoms with E-state index < -0.39 is 0 Å². The monoisotopic (exact) mass is 511 g/mol. The van der Waals surface area contributed by atoms with Crippen LogP contribution in [0.5, 0.6) is 0 Å². The fourth-order valence-corrected chi connectivity index (χ4v) is 5.30. The zero-order chi connectivity index (χ0) is 24.8. The van der Waals surface area contributed by atoms with Crippen LogP contribution in [0.25, 0.3) is 0 Å². The zero-order valence-electron chi connectivity index (χ0n) is 20.7. The SMILES string of the molecule is CCN(Cc1ccc(N2CCC(C(=O)Nc3nnc(CCc4ccc(Cl)cc4)s3)C2)cc1)C(C)C. The summed E-state index contributed by atoms with van der Waals surface area (Å²) >= 11 is 7.40. The van der Waals surface area contributed by atoms with Crippen molar-refractivity contribution in [3.8, 4) is 0 Å². The smallest absolute Gasteiger partial charge is 0.231 e. The van der Waals surface area contributed by atoms with E-state index in [4.69, 9.17) is 11.6 Å². The number of anilines is 2. The lowest BCUT2D eigenvalue weighted by Gasteiger charge is -2.25. The van der Waals surface area contributed by atoms with Crippen molar-refractivity contribution in [3.05, 3.63) is 69.7 Å². The van der Waals surface area contributed by atoms with Gasteiger partial charge in [-0.2, -0.15) is 0 Å². The van der Waals surface area contributed by atoms with E-state index >= 15 is 0 Å². The first-order valence-electron chi connectivity index (χ1n) is 12.4. The third-order valence-corrected chi connectivity index (χ3v) is 7.77. The number of nitrogens with zero attached hydrogens (tertiary/aromatic N) is 4. The molecule has 0 spiro atoms. The highest BCUT2D eigenvalue weighted by Gasteiger charge is 2.29. The van der Waals surface area contributed by atoms with Crippen molar-refractivity contribution in [2.75, 3.05) is 29.9 Å². The van der Waals surface area contributed by atoms with Crippen LogP contribution in [0, 0.1) is 5.92 Å². The molecule has 8 heteroatoms. The Hall–Kier alpha value is -2.48. The summed E-state index contributed by atoms with van der Waals surface area (Å²) < 4.78 is 0. The average molecular weight is 512 g/mol. The largest absolute Gasteiger partial charge is 0.371 e. The van der Waals surface area contributed by atoms with Gasteiger partial charge in [0.1, 0.15) is 5.01 Å². The van der Waals surface area contributed by atoms with Crippen LogP contribution in [0.2, 0.25) is 5.02 Å². The predicted octanol–water partition coefficient (Wildman–Crippen LogP) is 5.67. The van der Waals surface area contributed by atoms with Gasteiger partial charge in [-0.05, 0) is 68.6 Å². The Bertz CT molecular complexity index is 1100. The van der Waals surface area contributed by atoms with Crippen molar-refractivity contribution in [3.63, 3.8) is 0 Å². The molecule has 3 aromatic rings. The van der Waals surface area contributed by atoms with E-state index in [-0.39, 0.29) is 11.8 Å². The van der Waals surface area contributed by atoms with Crippen molar-refractivity contribution in [1.82, 2.24) is 15.1 Å². The van der Waals surface area contributed by atoms with Crippen molar-refractivity contribution >= 4 is 39.7 Å². The molecule has 0 bridgehead atoms. The van der Waals surface area contributed by atoms with Gasteiger partial charge in [0.05, 0.1) is 5.92 Å². The molecule has 1 saturated heterocycles. The number of aryl methyl sites for hydroxylation is 2. The van der Waals surface area contributed by atoms with Gasteiger partial charge in [-0.15, -0.1) is 10.2 Å². The summed E-state index contributed by atoms with van der Waals surface area (Å²) in [5, 5.41) is 13.7. The Balaban J connectivity index is 1.26. The highest BCUT2D eigenvalue weighted by atomic mass is 35.5. The summed E-state index contributed by atoms with van der Waals surface area (Å²) in [6, 6.07) is 17.2. The zero-order valence-corrected chi connectivity index (χ0v) is 22.3. The number of aromatic nitrogens is 2. The number of amides is 1. The molecule has 0 radical (unpaired) electrons. The number of carbonyl (C=O) groups is 1. The van der Waals surface area contributed by atoms with E-state index in [1.54, 1.807) is 0 Å². The van der Waals surface area contributed by atoms with Crippen LogP contribution in [0.4, 0.5) is 10.8 Å². The molecule has 0 saturated carbocycles. The topological polar surface area (TPSA) is 61.4 Å². The lowest BCUT2D eigenvalue weighted by atomic mass is 10.1. The molecule has 35 heavy (non-hydrogen) atoms. The van der Waals surface area contributed by atoms with Gasteiger partial charge in [0.2, 0.25) is 11.0 Å². The van der Waals surface area contributed by atoms with E-state index in [1.165, 1.54) is 28.2 Å². The van der Waals surface area contributed by atoms with E-state index in [0.29, 0.717) is 11.2 Å². The van der Waals surface area contributed by atoms with Gasteiger partial charge in [-0.25, -0.2) is 0 Å². The van der Waals surface area contributed by atoms with E-state index in [9.17, 15) is 4.79 Å². The van der Waals surface area contributed by atoms with Gasteiger partial charge >= 0.3 is 0 Å². The molecule has 6 nitrogen and oxygen atoms in total. The molecule has 1 amide bonds. The maximum absolute atomic E-state index is 12.9. The van der Waals surface area contributed by atoms with Crippen LogP contribution in [-0.4, -0.2) is 46.7 Å². The van der Waals surface area contributed by atoms with Gasteiger partial charge in [0, 0.05) is 42.8 Å². The normalized spacial score (nSPS) is 15.8. The highest BCUT2D eigenvalue weighted by molar-refractivity contribution is 7.15. The fourth-order valence-electron chi connectivity index (χ4n) is 4.43. The molecule has 1 N–H and O–H groups in total. The molecule has 1 aromatic heterocycles. The first-order chi connectivity index (χ1) is 16.9. The maximum atomic E-state index is 12.9. The Morgan fingerprint density at radius 3 is 2.51 bits per heavy atom. The van der Waals surface area contributed by atoms with Crippen molar-refractivity contribution in [2.24, 2.45) is 5.92 Å². The van der Waals surface area contributed by atoms with Crippen LogP contribution in [0.1, 0.15) is 43.3 Å². The third-order valence-electron chi connectivity index (χ3n) is 6.62. The van der Waals surface area contributed by atoms with Crippen molar-refractivity contribution in [2.45, 2.75) is 52.6 Å². The first-order valence-corrected chi connectivity index (χ1v) is 13.6. The molecule has 4 rings (SSSR count). The third kappa shape index (κ3) is 7.03. The molecule has 0 aliphatic carbocycles. The summed E-state index contributed by atoms with van der Waals surface area (Å²) in [6.07, 6.45) is 2.49. The molecule has 1 atom stereocenters. The second-order valence-corrected chi connectivity index (χ2v) is 10.9. The van der Waals surface area contributed by atoms with E-state index in [1.807, 2.05) is 24.3 Å². The number of nitrogens with one attached hydrogen (secondary N) is 1. The molecule has 1 aliphatic heterocycles. The Kier molecular flexibility index (Phi) is 8.76. The Morgan fingerprint density at radius 1 is 1.11 bits per heavy atom. The number of hydrogen-bond acceptors (Lipinski definition) is 6. The molecular weight excluding hydrogens is 478 g/mol. The van der Waals surface area contributed by atoms with Gasteiger partial charge in [-0.3, -0.25) is 9.69 Å². The maximum Gasteiger partial charge on any atom is 0.231 e. The number of carbonyl (C=O) groups excluding carboxylic acids is 1. The highest BCUT2D eigenvalue weighted by Crippen LogP contribution is 2.26. The summed E-state index contributed by atoms with van der Waals surface area (Å²) in [6.45, 7) is 10.3. The first kappa shape index (κ1) is 25.6. The van der Waals surface area contributed by atoms with E-state index in [0.717, 1.165) is 55.5 Å². The second-order valence-electron chi connectivity index (χ2n) is 9.37. The van der Waals surface area contributed by atoms with Crippen LogP contribution in [0.3, 0.4) is 0 Å². The van der Waals surface area contributed by atoms with Crippen molar-refractivity contribution < 1.29 is 4.79 Å². The van der Waals surface area contributed by atoms with Crippen LogP contribution in [0.15, 0.2) is 48.5 Å². The van der Waals surface area contributed by atoms with Gasteiger partial charge in [0.15, 0.2) is 0 Å². The number of rotatable bonds is 10. The minimum Gasteiger partial charge on any atom is -0.371 e. The molecule has 1 fully saturated rings. The minimum absolute atomic E-state index is 0.0278. The summed E-state index contributed by atoms with van der Waals surface area (Å²) in [7, 11) is 0. The molecule has 186 valence electrons. The van der Waals surface area contributed by atoms with E-state index in [2.05, 4.69) is 70.4 Å². The van der Waals surface area contributed by atoms with Crippen LogP contribution in [-0.2, 0) is 24.2 Å². The molecule has 1 aliphatic rings. The molecule has 2 aromatic carbocycles. The number of halogens is 1. The van der Waals surface area contributed by atoms with Crippen LogP contribution >= 0.6 is 22.9 Å². The summed E-state index contributed by atoms with van der Waals surface area (Å²) in [5.41, 5.74) is 3.70. The van der Waals surface area contributed by atoms with Gasteiger partial charge in [-0.1, -0.05) is 54.1 Å². The molecular formula is C27H34ClN5OS. The lowest BCUT2D eigenvalue weighted by molar-refractivity contribution is -0.119. The number of benzene rings is 2. The predicted molar refractivity (Wildman–Crippen MR) is 145 cm³/mol. The fraction of sp³-hybridized carbons (Fsp3) is 0.444. The Labute approximate surface area is 217 Å². The van der Waals surface area contributed by atoms with Gasteiger partial charge < -0.3 is 10.2 Å². The minimum atomic E-state index is -0.0485. The quantitative estimate of drug-likeness (QED) is 0.380. The Morgan fingerprint density at radius 2 is 1.83 bits per heavy atom. The lowest BCUT2D eigenvalue weighted by Crippen LogP contribution is -2.30.